The van der Waals surface area contributed by atoms with Crippen LogP contribution in [0.5, 0.6) is 0 Å². The lowest BCUT2D eigenvalue weighted by atomic mass is 9.67. The Kier molecular flexibility index (Phi) is 6.55. The molecule has 0 radical (unpaired) electrons. The average Bonchev–Trinajstić information content (AvgIpc) is 3.62. The zero-order valence-electron chi connectivity index (χ0n) is 22.2. The number of carbonyl (C=O) groups excluding carboxylic acids is 1. The topological polar surface area (TPSA) is 79.1 Å². The third kappa shape index (κ3) is 4.15. The molecule has 3 aromatic rings. The van der Waals surface area contributed by atoms with Crippen molar-refractivity contribution in [3.8, 4) is 0 Å². The third-order valence-electron chi connectivity index (χ3n) is 10.1. The van der Waals surface area contributed by atoms with Gasteiger partial charge in [-0.3, -0.25) is 4.79 Å². The summed E-state index contributed by atoms with van der Waals surface area (Å²) in [6.07, 6.45) is 10.8. The minimum Gasteiger partial charge on any atom is -0.465 e. The van der Waals surface area contributed by atoms with Crippen LogP contribution in [0.4, 0.5) is 0 Å². The summed E-state index contributed by atoms with van der Waals surface area (Å²) in [6, 6.07) is 10.1. The fourth-order valence-electron chi connectivity index (χ4n) is 7.26. The molecule has 7 nitrogen and oxygen atoms in total. The maximum atomic E-state index is 13.4. The van der Waals surface area contributed by atoms with E-state index in [2.05, 4.69) is 60.0 Å². The number of allylic oxidation sites excluding steroid dienone is 1. The molecule has 0 amide bonds. The van der Waals surface area contributed by atoms with Crippen molar-refractivity contribution in [3.63, 3.8) is 0 Å². The van der Waals surface area contributed by atoms with Gasteiger partial charge in [-0.2, -0.15) is 0 Å². The van der Waals surface area contributed by atoms with Gasteiger partial charge in [0.15, 0.2) is 10.8 Å². The highest BCUT2D eigenvalue weighted by atomic mass is 35.5. The standard InChI is InChI=1S/C30H35ClN4O3/c1-29(2)21-11-12-30(29,3)23(13-21)28(36)38-15-20-9-10-24(22(20)16-37-14-19-7-5-4-6-8-19)35-18-34-25-26(31)32-17-33-27(25)35/h4-10,17-18,20-24H,11-16H2,1-3H3/t20-,21?,22-,23?,24-,30+/m1/s1. The number of carbonyl (C=O) groups is 1. The fraction of sp³-hybridized carbons (Fsp3) is 0.533. The molecule has 3 aliphatic carbocycles. The maximum absolute atomic E-state index is 13.4. The second kappa shape index (κ2) is 9.76. The number of aromatic nitrogens is 4. The van der Waals surface area contributed by atoms with Gasteiger partial charge in [0.1, 0.15) is 11.8 Å². The molecule has 1 aromatic carbocycles. The maximum Gasteiger partial charge on any atom is 0.309 e. The van der Waals surface area contributed by atoms with Crippen molar-refractivity contribution in [3.05, 3.63) is 65.9 Å². The van der Waals surface area contributed by atoms with Crippen LogP contribution in [-0.2, 0) is 20.9 Å². The molecule has 6 atom stereocenters. The van der Waals surface area contributed by atoms with Gasteiger partial charge in [-0.15, -0.1) is 0 Å². The number of hydrogen-bond acceptors (Lipinski definition) is 6. The Morgan fingerprint density at radius 1 is 1.11 bits per heavy atom. The van der Waals surface area contributed by atoms with E-state index in [1.54, 1.807) is 6.33 Å². The molecule has 2 unspecified atom stereocenters. The summed E-state index contributed by atoms with van der Waals surface area (Å²) < 4.78 is 14.3. The lowest BCUT2D eigenvalue weighted by Gasteiger charge is -2.38. The summed E-state index contributed by atoms with van der Waals surface area (Å²) >= 11 is 6.27. The first kappa shape index (κ1) is 25.5. The minimum atomic E-state index is -0.0515. The Bertz CT molecular complexity index is 1360. The molecule has 2 heterocycles. The van der Waals surface area contributed by atoms with Crippen molar-refractivity contribution in [2.75, 3.05) is 13.2 Å². The molecule has 2 aromatic heterocycles. The van der Waals surface area contributed by atoms with E-state index in [-0.39, 0.29) is 40.6 Å². The van der Waals surface area contributed by atoms with Crippen molar-refractivity contribution in [1.29, 1.82) is 0 Å². The summed E-state index contributed by atoms with van der Waals surface area (Å²) in [5.74, 6) is 0.597. The van der Waals surface area contributed by atoms with Crippen LogP contribution in [0.15, 0.2) is 55.1 Å². The largest absolute Gasteiger partial charge is 0.465 e. The van der Waals surface area contributed by atoms with Gasteiger partial charge >= 0.3 is 5.97 Å². The summed E-state index contributed by atoms with van der Waals surface area (Å²) in [4.78, 5) is 26.4. The molecule has 0 N–H and O–H groups in total. The highest BCUT2D eigenvalue weighted by molar-refractivity contribution is 6.33. The van der Waals surface area contributed by atoms with E-state index >= 15 is 0 Å². The van der Waals surface area contributed by atoms with Crippen LogP contribution in [0.1, 0.15) is 51.6 Å². The number of benzene rings is 1. The number of hydrogen-bond donors (Lipinski definition) is 0. The molecule has 6 rings (SSSR count). The number of ether oxygens (including phenoxy) is 2. The highest BCUT2D eigenvalue weighted by Crippen LogP contribution is 2.68. The van der Waals surface area contributed by atoms with Crippen LogP contribution >= 0.6 is 11.6 Å². The molecule has 200 valence electrons. The predicted octanol–water partition coefficient (Wildman–Crippen LogP) is 6.05. The Hall–Kier alpha value is -2.77. The third-order valence-corrected chi connectivity index (χ3v) is 10.4. The fourth-order valence-corrected chi connectivity index (χ4v) is 7.44. The zero-order valence-corrected chi connectivity index (χ0v) is 23.0. The number of imidazole rings is 1. The Labute approximate surface area is 228 Å². The Morgan fingerprint density at radius 3 is 2.66 bits per heavy atom. The second-order valence-electron chi connectivity index (χ2n) is 12.0. The van der Waals surface area contributed by atoms with Crippen LogP contribution in [-0.4, -0.2) is 38.7 Å². The van der Waals surface area contributed by atoms with E-state index in [0.29, 0.717) is 42.1 Å². The van der Waals surface area contributed by atoms with Crippen LogP contribution in [0.2, 0.25) is 5.15 Å². The monoisotopic (exact) mass is 534 g/mol. The number of fused-ring (bicyclic) bond motifs is 3. The molecule has 8 heteroatoms. The quantitative estimate of drug-likeness (QED) is 0.199. The van der Waals surface area contributed by atoms with Crippen LogP contribution in [0.25, 0.3) is 11.2 Å². The van der Waals surface area contributed by atoms with Gasteiger partial charge in [0.25, 0.3) is 0 Å². The van der Waals surface area contributed by atoms with Crippen molar-refractivity contribution < 1.29 is 14.3 Å². The van der Waals surface area contributed by atoms with Crippen molar-refractivity contribution in [1.82, 2.24) is 19.5 Å². The summed E-state index contributed by atoms with van der Waals surface area (Å²) in [7, 11) is 0. The smallest absolute Gasteiger partial charge is 0.309 e. The number of nitrogens with zero attached hydrogens (tertiary/aromatic N) is 4. The van der Waals surface area contributed by atoms with E-state index < -0.39 is 0 Å². The molecule has 2 bridgehead atoms. The first-order valence-corrected chi connectivity index (χ1v) is 14.0. The summed E-state index contributed by atoms with van der Waals surface area (Å²) in [5.41, 5.74) is 2.57. The zero-order chi connectivity index (χ0) is 26.5. The first-order chi connectivity index (χ1) is 18.3. The van der Waals surface area contributed by atoms with Crippen LogP contribution in [0, 0.1) is 34.5 Å². The lowest BCUT2D eigenvalue weighted by molar-refractivity contribution is -0.155. The van der Waals surface area contributed by atoms with E-state index in [1.807, 2.05) is 22.8 Å². The van der Waals surface area contributed by atoms with Gasteiger partial charge < -0.3 is 14.0 Å². The number of esters is 1. The lowest BCUT2D eigenvalue weighted by Crippen LogP contribution is -2.37. The molecular formula is C30H35ClN4O3. The SMILES string of the molecule is CC1(C)C2CC[C@@]1(C)C(C(=O)OC[C@H]1C=C[C@@H](n3cnc4c(Cl)ncnc43)[C@@H]1COCc1ccccc1)C2. The van der Waals surface area contributed by atoms with Gasteiger partial charge in [-0.25, -0.2) is 15.0 Å². The van der Waals surface area contributed by atoms with Crippen molar-refractivity contribution in [2.24, 2.45) is 34.5 Å². The summed E-state index contributed by atoms with van der Waals surface area (Å²) in [5, 5.41) is 0.334. The molecular weight excluding hydrogens is 500 g/mol. The van der Waals surface area contributed by atoms with E-state index in [4.69, 9.17) is 21.1 Å². The molecule has 0 aliphatic heterocycles. The number of halogens is 1. The van der Waals surface area contributed by atoms with Crippen LogP contribution < -0.4 is 0 Å². The van der Waals surface area contributed by atoms with Gasteiger partial charge in [-0.1, -0.05) is 74.9 Å². The minimum absolute atomic E-state index is 0.00962. The summed E-state index contributed by atoms with van der Waals surface area (Å²) in [6.45, 7) is 8.30. The highest BCUT2D eigenvalue weighted by Gasteiger charge is 2.63. The normalized spacial score (nSPS) is 31.3. The first-order valence-electron chi connectivity index (χ1n) is 13.6. The van der Waals surface area contributed by atoms with Gasteiger partial charge in [0.2, 0.25) is 0 Å². The van der Waals surface area contributed by atoms with Gasteiger partial charge in [-0.05, 0) is 41.6 Å². The molecule has 2 fully saturated rings. The van der Waals surface area contributed by atoms with Crippen molar-refractivity contribution in [2.45, 2.75) is 52.7 Å². The van der Waals surface area contributed by atoms with E-state index in [9.17, 15) is 4.79 Å². The Morgan fingerprint density at radius 2 is 1.92 bits per heavy atom. The van der Waals surface area contributed by atoms with Crippen molar-refractivity contribution >= 4 is 28.7 Å². The average molecular weight is 535 g/mol. The van der Waals surface area contributed by atoms with Crippen LogP contribution in [0.3, 0.4) is 0 Å². The molecule has 0 spiro atoms. The van der Waals surface area contributed by atoms with Gasteiger partial charge in [0.05, 0.1) is 38.1 Å². The molecule has 38 heavy (non-hydrogen) atoms. The second-order valence-corrected chi connectivity index (χ2v) is 12.3. The molecule has 0 saturated heterocycles. The van der Waals surface area contributed by atoms with E-state index in [0.717, 1.165) is 18.4 Å². The van der Waals surface area contributed by atoms with Gasteiger partial charge in [0, 0.05) is 11.8 Å². The number of rotatable bonds is 8. The molecule has 2 saturated carbocycles. The Balaban J connectivity index is 1.18. The molecule has 3 aliphatic rings. The van der Waals surface area contributed by atoms with E-state index in [1.165, 1.54) is 12.7 Å². The predicted molar refractivity (Wildman–Crippen MR) is 145 cm³/mol.